The summed E-state index contributed by atoms with van der Waals surface area (Å²) < 4.78 is 13.1. The minimum atomic E-state index is -0.0563. The Bertz CT molecular complexity index is 753. The summed E-state index contributed by atoms with van der Waals surface area (Å²) in [5, 5.41) is 12.0. The number of aryl methyl sites for hydroxylation is 1. The lowest BCUT2D eigenvalue weighted by Gasteiger charge is -2.21. The standard InChI is InChI=1S/C18H25N5O3/c1-13-4-5-15(18(24)22(2)3)10-16(13)26-12-17-19-20-21-23(17)11-14-6-8-25-9-7-14/h4-5,10,14H,6-9,11-12H2,1-3H3. The number of amides is 1. The van der Waals surface area contributed by atoms with Crippen LogP contribution in [0.4, 0.5) is 0 Å². The molecule has 140 valence electrons. The topological polar surface area (TPSA) is 82.4 Å². The van der Waals surface area contributed by atoms with Crippen LogP contribution in [-0.4, -0.2) is 58.3 Å². The molecular weight excluding hydrogens is 334 g/mol. The Labute approximate surface area is 153 Å². The molecule has 3 rings (SSSR count). The first-order chi connectivity index (χ1) is 12.5. The smallest absolute Gasteiger partial charge is 0.253 e. The number of ether oxygens (including phenoxy) is 2. The highest BCUT2D eigenvalue weighted by Gasteiger charge is 2.18. The van der Waals surface area contributed by atoms with Gasteiger partial charge in [-0.05, 0) is 53.8 Å². The molecule has 1 fully saturated rings. The van der Waals surface area contributed by atoms with Gasteiger partial charge in [0, 0.05) is 39.4 Å². The van der Waals surface area contributed by atoms with Crippen LogP contribution in [0.25, 0.3) is 0 Å². The van der Waals surface area contributed by atoms with Crippen LogP contribution in [0.1, 0.15) is 34.6 Å². The van der Waals surface area contributed by atoms with Crippen molar-refractivity contribution in [3.05, 3.63) is 35.2 Å². The maximum atomic E-state index is 12.1. The number of carbonyl (C=O) groups is 1. The number of rotatable bonds is 6. The second-order valence-electron chi connectivity index (χ2n) is 6.80. The maximum Gasteiger partial charge on any atom is 0.253 e. The second kappa shape index (κ2) is 8.27. The van der Waals surface area contributed by atoms with Gasteiger partial charge in [-0.3, -0.25) is 4.79 Å². The van der Waals surface area contributed by atoms with E-state index in [2.05, 4.69) is 15.5 Å². The number of hydrogen-bond donors (Lipinski definition) is 0. The van der Waals surface area contributed by atoms with E-state index in [1.165, 1.54) is 0 Å². The third-order valence-corrected chi connectivity index (χ3v) is 4.58. The summed E-state index contributed by atoms with van der Waals surface area (Å²) >= 11 is 0. The van der Waals surface area contributed by atoms with Crippen molar-refractivity contribution in [3.8, 4) is 5.75 Å². The number of nitrogens with zero attached hydrogens (tertiary/aromatic N) is 5. The van der Waals surface area contributed by atoms with E-state index in [1.807, 2.05) is 13.0 Å². The fourth-order valence-corrected chi connectivity index (χ4v) is 2.93. The number of tetrazole rings is 1. The van der Waals surface area contributed by atoms with Crippen molar-refractivity contribution in [2.75, 3.05) is 27.3 Å². The molecule has 1 aromatic carbocycles. The summed E-state index contributed by atoms with van der Waals surface area (Å²) in [6.07, 6.45) is 2.04. The van der Waals surface area contributed by atoms with Crippen LogP contribution in [0, 0.1) is 12.8 Å². The van der Waals surface area contributed by atoms with Crippen molar-refractivity contribution in [3.63, 3.8) is 0 Å². The van der Waals surface area contributed by atoms with Gasteiger partial charge in [-0.25, -0.2) is 4.68 Å². The molecule has 8 nitrogen and oxygen atoms in total. The number of hydrogen-bond acceptors (Lipinski definition) is 6. The minimum Gasteiger partial charge on any atom is -0.485 e. The summed E-state index contributed by atoms with van der Waals surface area (Å²) in [5.74, 6) is 1.81. The van der Waals surface area contributed by atoms with E-state index in [0.29, 0.717) is 23.1 Å². The van der Waals surface area contributed by atoms with Gasteiger partial charge in [0.15, 0.2) is 5.82 Å². The normalized spacial score (nSPS) is 15.0. The van der Waals surface area contributed by atoms with Crippen LogP contribution < -0.4 is 4.74 Å². The molecule has 1 aliphatic rings. The first-order valence-electron chi connectivity index (χ1n) is 8.82. The van der Waals surface area contributed by atoms with Gasteiger partial charge in [0.1, 0.15) is 12.4 Å². The summed E-state index contributed by atoms with van der Waals surface area (Å²) in [6, 6.07) is 5.46. The molecule has 0 radical (unpaired) electrons. The molecule has 8 heteroatoms. The molecule has 26 heavy (non-hydrogen) atoms. The fourth-order valence-electron chi connectivity index (χ4n) is 2.93. The van der Waals surface area contributed by atoms with Crippen LogP contribution in [0.5, 0.6) is 5.75 Å². The summed E-state index contributed by atoms with van der Waals surface area (Å²) in [5.41, 5.74) is 1.56. The summed E-state index contributed by atoms with van der Waals surface area (Å²) in [6.45, 7) is 4.57. The molecular formula is C18H25N5O3. The highest BCUT2D eigenvalue weighted by molar-refractivity contribution is 5.94. The Morgan fingerprint density at radius 1 is 1.35 bits per heavy atom. The van der Waals surface area contributed by atoms with E-state index in [0.717, 1.165) is 38.2 Å². The van der Waals surface area contributed by atoms with Crippen LogP contribution in [0.2, 0.25) is 0 Å². The fraction of sp³-hybridized carbons (Fsp3) is 0.556. The van der Waals surface area contributed by atoms with Gasteiger partial charge in [0.25, 0.3) is 5.91 Å². The van der Waals surface area contributed by atoms with E-state index in [4.69, 9.17) is 9.47 Å². The predicted octanol–water partition coefficient (Wildman–Crippen LogP) is 1.69. The van der Waals surface area contributed by atoms with Crippen LogP contribution >= 0.6 is 0 Å². The molecule has 1 saturated heterocycles. The Morgan fingerprint density at radius 3 is 2.85 bits per heavy atom. The van der Waals surface area contributed by atoms with E-state index in [1.54, 1.807) is 35.8 Å². The lowest BCUT2D eigenvalue weighted by molar-refractivity contribution is 0.0593. The van der Waals surface area contributed by atoms with Crippen molar-refractivity contribution in [1.29, 1.82) is 0 Å². The monoisotopic (exact) mass is 359 g/mol. The molecule has 1 aliphatic heterocycles. The van der Waals surface area contributed by atoms with Crippen molar-refractivity contribution in [2.24, 2.45) is 5.92 Å². The molecule has 0 atom stereocenters. The Balaban J connectivity index is 1.67. The molecule has 0 saturated carbocycles. The molecule has 0 N–H and O–H groups in total. The molecule has 1 aromatic heterocycles. The molecule has 1 amide bonds. The van der Waals surface area contributed by atoms with Crippen LogP contribution in [-0.2, 0) is 17.9 Å². The van der Waals surface area contributed by atoms with Crippen LogP contribution in [0.3, 0.4) is 0 Å². The molecule has 2 aromatic rings. The van der Waals surface area contributed by atoms with Crippen molar-refractivity contribution in [1.82, 2.24) is 25.1 Å². The van der Waals surface area contributed by atoms with E-state index >= 15 is 0 Å². The average Bonchev–Trinajstić information content (AvgIpc) is 3.08. The largest absolute Gasteiger partial charge is 0.485 e. The third kappa shape index (κ3) is 4.37. The van der Waals surface area contributed by atoms with E-state index in [9.17, 15) is 4.79 Å². The first-order valence-corrected chi connectivity index (χ1v) is 8.82. The van der Waals surface area contributed by atoms with E-state index in [-0.39, 0.29) is 12.5 Å². The van der Waals surface area contributed by atoms with Crippen molar-refractivity contribution >= 4 is 5.91 Å². The second-order valence-corrected chi connectivity index (χ2v) is 6.80. The maximum absolute atomic E-state index is 12.1. The van der Waals surface area contributed by atoms with Crippen LogP contribution in [0.15, 0.2) is 18.2 Å². The molecule has 0 unspecified atom stereocenters. The van der Waals surface area contributed by atoms with Gasteiger partial charge in [-0.2, -0.15) is 0 Å². The Kier molecular flexibility index (Phi) is 5.82. The predicted molar refractivity (Wildman–Crippen MR) is 94.9 cm³/mol. The van der Waals surface area contributed by atoms with Crippen molar-refractivity contribution in [2.45, 2.75) is 32.9 Å². The molecule has 0 aliphatic carbocycles. The highest BCUT2D eigenvalue weighted by Crippen LogP contribution is 2.22. The number of carbonyl (C=O) groups excluding carboxylic acids is 1. The third-order valence-electron chi connectivity index (χ3n) is 4.58. The lowest BCUT2D eigenvalue weighted by Crippen LogP contribution is -2.22. The highest BCUT2D eigenvalue weighted by atomic mass is 16.5. The summed E-state index contributed by atoms with van der Waals surface area (Å²) in [4.78, 5) is 13.7. The quantitative estimate of drug-likeness (QED) is 0.781. The number of aromatic nitrogens is 4. The molecule has 0 bridgehead atoms. The van der Waals surface area contributed by atoms with E-state index < -0.39 is 0 Å². The minimum absolute atomic E-state index is 0.0563. The first kappa shape index (κ1) is 18.3. The Hall–Kier alpha value is -2.48. The van der Waals surface area contributed by atoms with Gasteiger partial charge >= 0.3 is 0 Å². The van der Waals surface area contributed by atoms with Gasteiger partial charge in [0.05, 0.1) is 0 Å². The van der Waals surface area contributed by atoms with Gasteiger partial charge in [-0.15, -0.1) is 5.10 Å². The summed E-state index contributed by atoms with van der Waals surface area (Å²) in [7, 11) is 3.46. The zero-order valence-corrected chi connectivity index (χ0v) is 15.5. The SMILES string of the molecule is Cc1ccc(C(=O)N(C)C)cc1OCc1nnnn1CC1CCOCC1. The van der Waals surface area contributed by atoms with Gasteiger partial charge in [0.2, 0.25) is 0 Å². The Morgan fingerprint density at radius 2 is 2.12 bits per heavy atom. The molecule has 0 spiro atoms. The van der Waals surface area contributed by atoms with Gasteiger partial charge in [-0.1, -0.05) is 6.07 Å². The molecule has 2 heterocycles. The lowest BCUT2D eigenvalue weighted by atomic mass is 10.0. The van der Waals surface area contributed by atoms with Crippen molar-refractivity contribution < 1.29 is 14.3 Å². The van der Waals surface area contributed by atoms with Gasteiger partial charge < -0.3 is 14.4 Å². The zero-order valence-electron chi connectivity index (χ0n) is 15.5. The zero-order chi connectivity index (χ0) is 18.5. The average molecular weight is 359 g/mol. The number of benzene rings is 1.